The van der Waals surface area contributed by atoms with Crippen molar-refractivity contribution in [3.63, 3.8) is 0 Å². The van der Waals surface area contributed by atoms with Gasteiger partial charge in [0.2, 0.25) is 5.91 Å². The Hall–Kier alpha value is -1.11. The molecular formula is C16H16ClIN2O. The largest absolute Gasteiger partial charge is 0.325 e. The molecule has 0 radical (unpaired) electrons. The summed E-state index contributed by atoms with van der Waals surface area (Å²) in [5, 5.41) is 6.76. The lowest BCUT2D eigenvalue weighted by Gasteiger charge is -2.14. The number of anilines is 1. The van der Waals surface area contributed by atoms with Crippen molar-refractivity contribution in [2.24, 2.45) is 0 Å². The number of carbonyl (C=O) groups excluding carboxylic acids is 1. The minimum Gasteiger partial charge on any atom is -0.325 e. The van der Waals surface area contributed by atoms with Crippen molar-refractivity contribution in [3.8, 4) is 0 Å². The summed E-state index contributed by atoms with van der Waals surface area (Å²) in [7, 11) is 0. The Labute approximate surface area is 143 Å². The third-order valence-electron chi connectivity index (χ3n) is 3.03. The highest BCUT2D eigenvalue weighted by Gasteiger charge is 2.08. The standard InChI is InChI=1S/C16H16ClIN2O/c1-11(12-4-2-5-13(17)8-12)19-10-16(21)20-15-7-3-6-14(18)9-15/h2-9,11,19H,10H2,1H3,(H,20,21)/t11-/m1/s1. The second kappa shape index (κ2) is 7.77. The summed E-state index contributed by atoms with van der Waals surface area (Å²) in [5.41, 5.74) is 1.87. The van der Waals surface area contributed by atoms with E-state index in [2.05, 4.69) is 33.2 Å². The molecule has 0 aliphatic rings. The van der Waals surface area contributed by atoms with E-state index in [9.17, 15) is 4.79 Å². The van der Waals surface area contributed by atoms with Gasteiger partial charge >= 0.3 is 0 Å². The second-order valence-electron chi connectivity index (χ2n) is 4.72. The van der Waals surface area contributed by atoms with E-state index < -0.39 is 0 Å². The summed E-state index contributed by atoms with van der Waals surface area (Å²) in [5.74, 6) is -0.0640. The highest BCUT2D eigenvalue weighted by Crippen LogP contribution is 2.17. The number of benzene rings is 2. The molecule has 0 aromatic heterocycles. The van der Waals surface area contributed by atoms with Gasteiger partial charge in [-0.15, -0.1) is 0 Å². The Bertz CT molecular complexity index is 633. The van der Waals surface area contributed by atoms with Crippen LogP contribution in [0.25, 0.3) is 0 Å². The van der Waals surface area contributed by atoms with Gasteiger partial charge in [-0.2, -0.15) is 0 Å². The first-order chi connectivity index (χ1) is 10.0. The van der Waals surface area contributed by atoms with Crippen molar-refractivity contribution in [3.05, 3.63) is 62.7 Å². The molecule has 0 aliphatic heterocycles. The van der Waals surface area contributed by atoms with Crippen LogP contribution < -0.4 is 10.6 Å². The van der Waals surface area contributed by atoms with Gasteiger partial charge in [-0.3, -0.25) is 4.79 Å². The van der Waals surface area contributed by atoms with Gasteiger partial charge in [-0.25, -0.2) is 0 Å². The topological polar surface area (TPSA) is 41.1 Å². The van der Waals surface area contributed by atoms with E-state index in [1.54, 1.807) is 0 Å². The molecule has 0 aliphatic carbocycles. The Morgan fingerprint density at radius 2 is 2.00 bits per heavy atom. The maximum atomic E-state index is 11.9. The number of hydrogen-bond acceptors (Lipinski definition) is 2. The second-order valence-corrected chi connectivity index (χ2v) is 6.40. The summed E-state index contributed by atoms with van der Waals surface area (Å²) in [6, 6.07) is 15.4. The van der Waals surface area contributed by atoms with Gasteiger partial charge in [0, 0.05) is 20.3 Å². The normalized spacial score (nSPS) is 12.0. The Balaban J connectivity index is 1.86. The maximum Gasteiger partial charge on any atom is 0.238 e. The Kier molecular flexibility index (Phi) is 6.02. The van der Waals surface area contributed by atoms with Crippen LogP contribution >= 0.6 is 34.2 Å². The van der Waals surface area contributed by atoms with E-state index in [-0.39, 0.29) is 18.5 Å². The van der Waals surface area contributed by atoms with Crippen LogP contribution in [-0.2, 0) is 4.79 Å². The predicted octanol–water partition coefficient (Wildman–Crippen LogP) is 4.23. The molecule has 21 heavy (non-hydrogen) atoms. The summed E-state index contributed by atoms with van der Waals surface area (Å²) >= 11 is 8.18. The fourth-order valence-electron chi connectivity index (χ4n) is 1.91. The molecule has 0 unspecified atom stereocenters. The van der Waals surface area contributed by atoms with E-state index in [1.165, 1.54) is 0 Å². The first-order valence-corrected chi connectivity index (χ1v) is 8.04. The smallest absolute Gasteiger partial charge is 0.238 e. The molecule has 2 N–H and O–H groups in total. The van der Waals surface area contributed by atoms with Gasteiger partial charge in [-0.1, -0.05) is 29.8 Å². The highest BCUT2D eigenvalue weighted by atomic mass is 127. The quantitative estimate of drug-likeness (QED) is 0.719. The molecule has 0 bridgehead atoms. The summed E-state index contributed by atoms with van der Waals surface area (Å²) in [6.07, 6.45) is 0. The third-order valence-corrected chi connectivity index (χ3v) is 3.93. The third kappa shape index (κ3) is 5.30. The summed E-state index contributed by atoms with van der Waals surface area (Å²) in [6.45, 7) is 2.25. The lowest BCUT2D eigenvalue weighted by molar-refractivity contribution is -0.115. The molecule has 0 saturated carbocycles. The number of nitrogens with one attached hydrogen (secondary N) is 2. The van der Waals surface area contributed by atoms with Crippen LogP contribution in [0.2, 0.25) is 5.02 Å². The molecule has 0 saturated heterocycles. The van der Waals surface area contributed by atoms with E-state index in [0.29, 0.717) is 5.02 Å². The van der Waals surface area contributed by atoms with Crippen molar-refractivity contribution in [1.29, 1.82) is 0 Å². The van der Waals surface area contributed by atoms with Crippen molar-refractivity contribution in [2.75, 3.05) is 11.9 Å². The Morgan fingerprint density at radius 1 is 1.24 bits per heavy atom. The molecule has 110 valence electrons. The highest BCUT2D eigenvalue weighted by molar-refractivity contribution is 14.1. The van der Waals surface area contributed by atoms with Crippen LogP contribution in [0.15, 0.2) is 48.5 Å². The lowest BCUT2D eigenvalue weighted by Crippen LogP contribution is -2.30. The first-order valence-electron chi connectivity index (χ1n) is 6.59. The van der Waals surface area contributed by atoms with Crippen LogP contribution in [0.4, 0.5) is 5.69 Å². The Morgan fingerprint density at radius 3 is 2.71 bits per heavy atom. The van der Waals surface area contributed by atoms with Crippen molar-refractivity contribution in [1.82, 2.24) is 5.32 Å². The molecule has 1 atom stereocenters. The van der Waals surface area contributed by atoms with Gasteiger partial charge in [0.15, 0.2) is 0 Å². The molecule has 5 heteroatoms. The molecule has 0 fully saturated rings. The monoisotopic (exact) mass is 414 g/mol. The minimum atomic E-state index is -0.0640. The van der Waals surface area contributed by atoms with Crippen LogP contribution in [0.3, 0.4) is 0 Å². The zero-order valence-electron chi connectivity index (χ0n) is 11.6. The zero-order chi connectivity index (χ0) is 15.2. The van der Waals surface area contributed by atoms with Gasteiger partial charge < -0.3 is 10.6 Å². The first kappa shape index (κ1) is 16.3. The van der Waals surface area contributed by atoms with E-state index in [4.69, 9.17) is 11.6 Å². The number of halogens is 2. The van der Waals surface area contributed by atoms with E-state index in [1.807, 2.05) is 55.5 Å². The molecule has 0 heterocycles. The molecule has 0 spiro atoms. The maximum absolute atomic E-state index is 11.9. The van der Waals surface area contributed by atoms with Crippen LogP contribution in [0, 0.1) is 3.57 Å². The van der Waals surface area contributed by atoms with Crippen LogP contribution in [0.5, 0.6) is 0 Å². The minimum absolute atomic E-state index is 0.0605. The molecule has 2 rings (SSSR count). The van der Waals surface area contributed by atoms with Gasteiger partial charge in [-0.05, 0) is 65.4 Å². The van der Waals surface area contributed by atoms with Gasteiger partial charge in [0.1, 0.15) is 0 Å². The number of rotatable bonds is 5. The number of carbonyl (C=O) groups is 1. The van der Waals surface area contributed by atoms with Gasteiger partial charge in [0.25, 0.3) is 0 Å². The zero-order valence-corrected chi connectivity index (χ0v) is 14.5. The fraction of sp³-hybridized carbons (Fsp3) is 0.188. The fourth-order valence-corrected chi connectivity index (χ4v) is 2.65. The van der Waals surface area contributed by atoms with Crippen molar-refractivity contribution >= 4 is 45.8 Å². The average Bonchev–Trinajstić information content (AvgIpc) is 2.45. The van der Waals surface area contributed by atoms with Crippen molar-refractivity contribution in [2.45, 2.75) is 13.0 Å². The molecule has 3 nitrogen and oxygen atoms in total. The van der Waals surface area contributed by atoms with Gasteiger partial charge in [0.05, 0.1) is 6.54 Å². The average molecular weight is 415 g/mol. The van der Waals surface area contributed by atoms with E-state index in [0.717, 1.165) is 14.8 Å². The SMILES string of the molecule is C[C@@H](NCC(=O)Nc1cccc(I)c1)c1cccc(Cl)c1. The molecule has 2 aromatic carbocycles. The van der Waals surface area contributed by atoms with Crippen LogP contribution in [0.1, 0.15) is 18.5 Å². The summed E-state index contributed by atoms with van der Waals surface area (Å²) in [4.78, 5) is 11.9. The predicted molar refractivity (Wildman–Crippen MR) is 95.7 cm³/mol. The lowest BCUT2D eigenvalue weighted by atomic mass is 10.1. The summed E-state index contributed by atoms with van der Waals surface area (Å²) < 4.78 is 1.09. The van der Waals surface area contributed by atoms with E-state index >= 15 is 0 Å². The number of hydrogen-bond donors (Lipinski definition) is 2. The molecular weight excluding hydrogens is 399 g/mol. The van der Waals surface area contributed by atoms with Crippen LogP contribution in [-0.4, -0.2) is 12.5 Å². The molecule has 2 aromatic rings. The molecule has 1 amide bonds. The number of amides is 1. The van der Waals surface area contributed by atoms with Crippen molar-refractivity contribution < 1.29 is 4.79 Å².